The second kappa shape index (κ2) is 9.07. The summed E-state index contributed by atoms with van der Waals surface area (Å²) in [6.45, 7) is 3.92. The van der Waals surface area contributed by atoms with Gasteiger partial charge >= 0.3 is 5.88 Å². The number of amides is 1. The van der Waals surface area contributed by atoms with Crippen molar-refractivity contribution in [3.8, 4) is 0 Å². The van der Waals surface area contributed by atoms with Gasteiger partial charge in [0.1, 0.15) is 10.7 Å². The molecule has 0 atom stereocenters. The molecule has 2 heterocycles. The summed E-state index contributed by atoms with van der Waals surface area (Å²) in [4.78, 5) is 30.3. The molecule has 0 unspecified atom stereocenters. The lowest BCUT2D eigenvalue weighted by atomic mass is 10.2. The molecular weight excluding hydrogens is 426 g/mol. The fourth-order valence-electron chi connectivity index (χ4n) is 3.14. The van der Waals surface area contributed by atoms with E-state index in [0.717, 1.165) is 22.5 Å². The normalized spacial score (nSPS) is 16.6. The Morgan fingerprint density at radius 3 is 2.44 bits per heavy atom. The molecule has 1 saturated heterocycles. The molecule has 32 heavy (non-hydrogen) atoms. The molecular formula is C24H19N3O4S. The maximum absolute atomic E-state index is 13.3. The van der Waals surface area contributed by atoms with E-state index in [2.05, 4.69) is 0 Å². The smallest absolute Gasteiger partial charge is 0.401 e. The van der Waals surface area contributed by atoms with Crippen molar-refractivity contribution in [2.75, 3.05) is 4.90 Å². The first kappa shape index (κ1) is 21.3. The van der Waals surface area contributed by atoms with Crippen LogP contribution < -0.4 is 4.90 Å². The largest absolute Gasteiger partial charge is 0.433 e. The van der Waals surface area contributed by atoms with Crippen LogP contribution in [0.3, 0.4) is 0 Å². The van der Waals surface area contributed by atoms with Gasteiger partial charge in [-0.1, -0.05) is 42.5 Å². The lowest BCUT2D eigenvalue weighted by molar-refractivity contribution is -0.402. The number of carbonyl (C=O) groups is 1. The Labute approximate surface area is 188 Å². The Kier molecular flexibility index (Phi) is 6.04. The van der Waals surface area contributed by atoms with Gasteiger partial charge in [-0.25, -0.2) is 4.99 Å². The number of hydrogen-bond acceptors (Lipinski definition) is 6. The molecule has 1 fully saturated rings. The highest BCUT2D eigenvalue weighted by Gasteiger charge is 2.35. The Bertz CT molecular complexity index is 1290. The van der Waals surface area contributed by atoms with Crippen LogP contribution in [0.5, 0.6) is 0 Å². The number of carbonyl (C=O) groups excluding carboxylic acids is 1. The zero-order valence-electron chi connectivity index (χ0n) is 17.4. The maximum Gasteiger partial charge on any atom is 0.433 e. The fraction of sp³-hybridized carbons (Fsp3) is 0.0833. The Morgan fingerprint density at radius 2 is 1.75 bits per heavy atom. The summed E-state index contributed by atoms with van der Waals surface area (Å²) in [5, 5.41) is 11.3. The zero-order valence-corrected chi connectivity index (χ0v) is 18.2. The predicted molar refractivity (Wildman–Crippen MR) is 127 cm³/mol. The van der Waals surface area contributed by atoms with Crippen LogP contribution >= 0.6 is 11.8 Å². The van der Waals surface area contributed by atoms with Crippen molar-refractivity contribution in [3.63, 3.8) is 0 Å². The van der Waals surface area contributed by atoms with Gasteiger partial charge in [0, 0.05) is 0 Å². The second-order valence-corrected chi connectivity index (χ2v) is 8.04. The van der Waals surface area contributed by atoms with Gasteiger partial charge in [-0.3, -0.25) is 19.8 Å². The van der Waals surface area contributed by atoms with Crippen molar-refractivity contribution in [3.05, 3.63) is 105 Å². The number of para-hydroxylation sites is 2. The molecule has 160 valence electrons. The van der Waals surface area contributed by atoms with Crippen molar-refractivity contribution in [2.45, 2.75) is 13.8 Å². The summed E-state index contributed by atoms with van der Waals surface area (Å²) in [5.41, 5.74) is 3.53. The Balaban J connectivity index is 1.69. The molecule has 4 rings (SSSR count). The summed E-state index contributed by atoms with van der Waals surface area (Å²) in [6.07, 6.45) is 4.87. The number of amidine groups is 1. The van der Waals surface area contributed by atoms with Crippen molar-refractivity contribution in [1.82, 2.24) is 0 Å². The van der Waals surface area contributed by atoms with E-state index in [9.17, 15) is 14.9 Å². The molecule has 8 heteroatoms. The van der Waals surface area contributed by atoms with Gasteiger partial charge < -0.3 is 4.42 Å². The van der Waals surface area contributed by atoms with Crippen LogP contribution in [0.2, 0.25) is 0 Å². The van der Waals surface area contributed by atoms with E-state index in [0.29, 0.717) is 15.8 Å². The molecule has 0 radical (unpaired) electrons. The van der Waals surface area contributed by atoms with Crippen molar-refractivity contribution in [1.29, 1.82) is 0 Å². The molecule has 0 spiro atoms. The second-order valence-electron chi connectivity index (χ2n) is 7.03. The number of aryl methyl sites for hydroxylation is 2. The van der Waals surface area contributed by atoms with Gasteiger partial charge in [-0.2, -0.15) is 0 Å². The minimum absolute atomic E-state index is 0.188. The summed E-state index contributed by atoms with van der Waals surface area (Å²) in [7, 11) is 0. The zero-order chi connectivity index (χ0) is 22.7. The Hall–Kier alpha value is -3.91. The number of aliphatic imine (C=N–C) groups is 1. The number of nitrogens with zero attached hydrogens (tertiary/aromatic N) is 3. The van der Waals surface area contributed by atoms with E-state index in [1.54, 1.807) is 23.1 Å². The van der Waals surface area contributed by atoms with Gasteiger partial charge in [-0.15, -0.1) is 0 Å². The van der Waals surface area contributed by atoms with Gasteiger partial charge in [0.2, 0.25) is 0 Å². The minimum Gasteiger partial charge on any atom is -0.401 e. The molecule has 1 aromatic heterocycles. The van der Waals surface area contributed by atoms with E-state index in [4.69, 9.17) is 9.41 Å². The van der Waals surface area contributed by atoms with Crippen LogP contribution in [0.15, 0.2) is 87.1 Å². The molecule has 1 aliphatic heterocycles. The van der Waals surface area contributed by atoms with Crippen molar-refractivity contribution in [2.24, 2.45) is 4.99 Å². The average Bonchev–Trinajstić information content (AvgIpc) is 3.36. The van der Waals surface area contributed by atoms with E-state index < -0.39 is 4.92 Å². The Morgan fingerprint density at radius 1 is 1.03 bits per heavy atom. The SMILES string of the molecule is Cc1ccccc1N=C1S/C(=C/C=C\c2ccc([N+](=O)[O-])o2)C(=O)N1c1ccccc1C. The van der Waals surface area contributed by atoms with Crippen LogP contribution in [0.1, 0.15) is 16.9 Å². The third-order valence-electron chi connectivity index (χ3n) is 4.79. The molecule has 1 aliphatic rings. The highest BCUT2D eigenvalue weighted by atomic mass is 32.2. The summed E-state index contributed by atoms with van der Waals surface area (Å²) in [5.74, 6) is -0.192. The fourth-order valence-corrected chi connectivity index (χ4v) is 4.08. The number of hydrogen-bond donors (Lipinski definition) is 0. The van der Waals surface area contributed by atoms with Gasteiger partial charge in [-0.05, 0) is 67.1 Å². The molecule has 0 aliphatic carbocycles. The van der Waals surface area contributed by atoms with E-state index in [1.807, 2.05) is 62.4 Å². The first-order chi connectivity index (χ1) is 15.4. The van der Waals surface area contributed by atoms with Gasteiger partial charge in [0.25, 0.3) is 5.91 Å². The van der Waals surface area contributed by atoms with Crippen LogP contribution in [0, 0.1) is 24.0 Å². The van der Waals surface area contributed by atoms with Crippen LogP contribution in [-0.4, -0.2) is 16.0 Å². The monoisotopic (exact) mass is 445 g/mol. The third-order valence-corrected chi connectivity index (χ3v) is 5.78. The quantitative estimate of drug-likeness (QED) is 0.266. The minimum atomic E-state index is -0.597. The standard InChI is InChI=1S/C24H19N3O4S/c1-16-8-3-5-11-19(16)25-24-26(20-12-6-4-9-17(20)2)23(28)21(32-24)13-7-10-18-14-15-22(31-18)27(29)30/h3-15H,1-2H3/b10-7-,21-13+,25-24?. The number of benzene rings is 2. The molecule has 0 bridgehead atoms. The third kappa shape index (κ3) is 4.40. The average molecular weight is 446 g/mol. The number of furan rings is 1. The van der Waals surface area contributed by atoms with E-state index >= 15 is 0 Å². The van der Waals surface area contributed by atoms with Crippen LogP contribution in [-0.2, 0) is 4.79 Å². The summed E-state index contributed by atoms with van der Waals surface area (Å²) < 4.78 is 5.12. The van der Waals surface area contributed by atoms with E-state index in [1.165, 1.54) is 23.9 Å². The highest BCUT2D eigenvalue weighted by molar-refractivity contribution is 8.19. The first-order valence-corrected chi connectivity index (χ1v) is 10.6. The lowest BCUT2D eigenvalue weighted by Gasteiger charge is -2.18. The summed E-state index contributed by atoms with van der Waals surface area (Å²) >= 11 is 1.28. The number of anilines is 1. The molecule has 2 aromatic carbocycles. The topological polar surface area (TPSA) is 89.0 Å². The first-order valence-electron chi connectivity index (χ1n) is 9.79. The predicted octanol–water partition coefficient (Wildman–Crippen LogP) is 6.17. The van der Waals surface area contributed by atoms with Crippen molar-refractivity contribution >= 4 is 46.2 Å². The number of allylic oxidation sites excluding steroid dienone is 2. The molecule has 7 nitrogen and oxygen atoms in total. The molecule has 0 saturated carbocycles. The van der Waals surface area contributed by atoms with Crippen LogP contribution in [0.25, 0.3) is 6.08 Å². The molecule has 3 aromatic rings. The summed E-state index contributed by atoms with van der Waals surface area (Å²) in [6, 6.07) is 18.2. The number of nitro groups is 1. The number of thioether (sulfide) groups is 1. The highest BCUT2D eigenvalue weighted by Crippen LogP contribution is 2.38. The van der Waals surface area contributed by atoms with Gasteiger partial charge in [0.05, 0.1) is 22.3 Å². The molecule has 0 N–H and O–H groups in total. The van der Waals surface area contributed by atoms with E-state index in [-0.39, 0.29) is 11.8 Å². The van der Waals surface area contributed by atoms with Crippen LogP contribution in [0.4, 0.5) is 17.3 Å². The maximum atomic E-state index is 13.3. The van der Waals surface area contributed by atoms with Gasteiger partial charge in [0.15, 0.2) is 5.17 Å². The number of rotatable bonds is 5. The van der Waals surface area contributed by atoms with Crippen molar-refractivity contribution < 1.29 is 14.1 Å². The lowest BCUT2D eigenvalue weighted by Crippen LogP contribution is -2.29. The molecule has 1 amide bonds.